The van der Waals surface area contributed by atoms with Gasteiger partial charge in [-0.3, -0.25) is 9.78 Å². The second-order valence-corrected chi connectivity index (χ2v) is 3.82. The third-order valence-corrected chi connectivity index (χ3v) is 2.62. The monoisotopic (exact) mass is 175 g/mol. The summed E-state index contributed by atoms with van der Waals surface area (Å²) in [6.45, 7) is 2.13. The fraction of sp³-hybridized carbons (Fsp3) is 0.455. The van der Waals surface area contributed by atoms with Gasteiger partial charge in [0, 0.05) is 24.7 Å². The third-order valence-electron chi connectivity index (χ3n) is 2.62. The Hall–Kier alpha value is -1.18. The zero-order chi connectivity index (χ0) is 9.26. The topological polar surface area (TPSA) is 30.0 Å². The van der Waals surface area contributed by atoms with Crippen molar-refractivity contribution < 1.29 is 4.79 Å². The number of hydrogen-bond acceptors (Lipinski definition) is 2. The number of rotatable bonds is 3. The molecule has 1 saturated carbocycles. The van der Waals surface area contributed by atoms with Gasteiger partial charge in [0.1, 0.15) is 5.78 Å². The van der Waals surface area contributed by atoms with Crippen molar-refractivity contribution in [1.82, 2.24) is 4.98 Å². The number of aromatic nitrogens is 1. The first-order valence-electron chi connectivity index (χ1n) is 4.69. The van der Waals surface area contributed by atoms with Crippen LogP contribution in [-0.2, 0) is 11.2 Å². The fourth-order valence-corrected chi connectivity index (χ4v) is 1.61. The summed E-state index contributed by atoms with van der Waals surface area (Å²) in [7, 11) is 0. The van der Waals surface area contributed by atoms with Crippen LogP contribution in [0.3, 0.4) is 0 Å². The molecule has 0 spiro atoms. The minimum atomic E-state index is 0.334. The average molecular weight is 175 g/mol. The zero-order valence-electron chi connectivity index (χ0n) is 7.73. The van der Waals surface area contributed by atoms with Gasteiger partial charge in [-0.1, -0.05) is 13.0 Å². The van der Waals surface area contributed by atoms with Crippen molar-refractivity contribution in [3.8, 4) is 0 Å². The quantitative estimate of drug-likeness (QED) is 0.701. The van der Waals surface area contributed by atoms with Crippen LogP contribution in [0.15, 0.2) is 24.5 Å². The molecule has 0 radical (unpaired) electrons. The maximum atomic E-state index is 11.6. The number of carbonyl (C=O) groups excluding carboxylic acids is 1. The molecule has 1 heterocycles. The molecule has 1 aromatic heterocycles. The zero-order valence-corrected chi connectivity index (χ0v) is 7.73. The van der Waals surface area contributed by atoms with E-state index in [0.29, 0.717) is 24.0 Å². The van der Waals surface area contributed by atoms with E-state index in [9.17, 15) is 4.79 Å². The maximum absolute atomic E-state index is 11.6. The van der Waals surface area contributed by atoms with Crippen LogP contribution in [0.25, 0.3) is 0 Å². The third kappa shape index (κ3) is 1.94. The maximum Gasteiger partial charge on any atom is 0.140 e. The highest BCUT2D eigenvalue weighted by Gasteiger charge is 2.38. The van der Waals surface area contributed by atoms with Crippen molar-refractivity contribution >= 4 is 5.78 Å². The van der Waals surface area contributed by atoms with Crippen LogP contribution in [0.2, 0.25) is 0 Å². The normalized spacial score (nSPS) is 25.6. The first kappa shape index (κ1) is 8.42. The van der Waals surface area contributed by atoms with E-state index in [0.717, 1.165) is 12.0 Å². The SMILES string of the molecule is CC1CC1C(=O)Cc1cccnc1. The molecule has 0 saturated heterocycles. The van der Waals surface area contributed by atoms with E-state index in [1.165, 1.54) is 0 Å². The highest BCUT2D eigenvalue weighted by molar-refractivity contribution is 5.85. The molecule has 1 aromatic rings. The minimum Gasteiger partial charge on any atom is -0.299 e. The Bertz CT molecular complexity index is 307. The van der Waals surface area contributed by atoms with E-state index in [1.807, 2.05) is 12.1 Å². The smallest absolute Gasteiger partial charge is 0.140 e. The number of nitrogens with zero attached hydrogens (tertiary/aromatic N) is 1. The summed E-state index contributed by atoms with van der Waals surface area (Å²) in [5.74, 6) is 1.32. The Morgan fingerprint density at radius 1 is 1.69 bits per heavy atom. The minimum absolute atomic E-state index is 0.334. The molecule has 0 N–H and O–H groups in total. The lowest BCUT2D eigenvalue weighted by atomic mass is 10.1. The second-order valence-electron chi connectivity index (χ2n) is 3.82. The Balaban J connectivity index is 1.95. The largest absolute Gasteiger partial charge is 0.299 e. The van der Waals surface area contributed by atoms with Crippen molar-refractivity contribution in [1.29, 1.82) is 0 Å². The lowest BCUT2D eigenvalue weighted by molar-refractivity contribution is -0.119. The van der Waals surface area contributed by atoms with Gasteiger partial charge < -0.3 is 0 Å². The van der Waals surface area contributed by atoms with E-state index >= 15 is 0 Å². The lowest BCUT2D eigenvalue weighted by Crippen LogP contribution is -2.06. The first-order valence-corrected chi connectivity index (χ1v) is 4.69. The second kappa shape index (κ2) is 3.29. The highest BCUT2D eigenvalue weighted by atomic mass is 16.1. The molecule has 2 unspecified atom stereocenters. The Kier molecular flexibility index (Phi) is 2.13. The molecular formula is C11H13NO. The lowest BCUT2D eigenvalue weighted by Gasteiger charge is -1.98. The van der Waals surface area contributed by atoms with Gasteiger partial charge in [0.05, 0.1) is 0 Å². The summed E-state index contributed by atoms with van der Waals surface area (Å²) in [6.07, 6.45) is 5.14. The number of pyridine rings is 1. The van der Waals surface area contributed by atoms with Crippen LogP contribution in [0.1, 0.15) is 18.9 Å². The summed E-state index contributed by atoms with van der Waals surface area (Å²) in [5.41, 5.74) is 1.03. The van der Waals surface area contributed by atoms with Crippen molar-refractivity contribution in [2.45, 2.75) is 19.8 Å². The van der Waals surface area contributed by atoms with E-state index in [1.54, 1.807) is 12.4 Å². The number of Topliss-reactive ketones (excluding diaryl/α,β-unsaturated/α-hetero) is 1. The van der Waals surface area contributed by atoms with Gasteiger partial charge in [-0.15, -0.1) is 0 Å². The summed E-state index contributed by atoms with van der Waals surface area (Å²) in [4.78, 5) is 15.5. The number of ketones is 1. The van der Waals surface area contributed by atoms with E-state index in [4.69, 9.17) is 0 Å². The molecule has 2 heteroatoms. The molecule has 13 heavy (non-hydrogen) atoms. The predicted molar refractivity (Wildman–Crippen MR) is 50.2 cm³/mol. The van der Waals surface area contributed by atoms with Gasteiger partial charge in [0.25, 0.3) is 0 Å². The van der Waals surface area contributed by atoms with Crippen LogP contribution in [0, 0.1) is 11.8 Å². The van der Waals surface area contributed by atoms with Gasteiger partial charge >= 0.3 is 0 Å². The molecule has 2 rings (SSSR count). The van der Waals surface area contributed by atoms with Gasteiger partial charge in [0.2, 0.25) is 0 Å². The van der Waals surface area contributed by atoms with Crippen LogP contribution in [0.4, 0.5) is 0 Å². The fourth-order valence-electron chi connectivity index (χ4n) is 1.61. The van der Waals surface area contributed by atoms with Crippen LogP contribution >= 0.6 is 0 Å². The van der Waals surface area contributed by atoms with E-state index in [2.05, 4.69) is 11.9 Å². The molecule has 0 aromatic carbocycles. The van der Waals surface area contributed by atoms with Crippen molar-refractivity contribution in [3.63, 3.8) is 0 Å². The van der Waals surface area contributed by atoms with Crippen molar-refractivity contribution in [3.05, 3.63) is 30.1 Å². The standard InChI is InChI=1S/C11H13NO/c1-8-5-10(8)11(13)6-9-3-2-4-12-7-9/h2-4,7-8,10H,5-6H2,1H3. The Labute approximate surface area is 78.0 Å². The molecule has 2 atom stereocenters. The van der Waals surface area contributed by atoms with Gasteiger partial charge in [-0.25, -0.2) is 0 Å². The molecule has 2 nitrogen and oxygen atoms in total. The highest BCUT2D eigenvalue weighted by Crippen LogP contribution is 2.38. The van der Waals surface area contributed by atoms with E-state index < -0.39 is 0 Å². The molecule has 0 aliphatic heterocycles. The average Bonchev–Trinajstić information content (AvgIpc) is 2.84. The van der Waals surface area contributed by atoms with Crippen molar-refractivity contribution in [2.24, 2.45) is 11.8 Å². The van der Waals surface area contributed by atoms with Crippen LogP contribution in [-0.4, -0.2) is 10.8 Å². The van der Waals surface area contributed by atoms with Crippen molar-refractivity contribution in [2.75, 3.05) is 0 Å². The number of carbonyl (C=O) groups is 1. The molecular weight excluding hydrogens is 162 g/mol. The summed E-state index contributed by atoms with van der Waals surface area (Å²) in [6, 6.07) is 3.83. The molecule has 1 fully saturated rings. The predicted octanol–water partition coefficient (Wildman–Crippen LogP) is 1.85. The molecule has 0 bridgehead atoms. The van der Waals surface area contributed by atoms with Gasteiger partial charge in [-0.2, -0.15) is 0 Å². The van der Waals surface area contributed by atoms with Crippen LogP contribution in [0.5, 0.6) is 0 Å². The summed E-state index contributed by atoms with van der Waals surface area (Å²) in [5, 5.41) is 0. The Morgan fingerprint density at radius 2 is 2.46 bits per heavy atom. The molecule has 0 amide bonds. The summed E-state index contributed by atoms with van der Waals surface area (Å²) >= 11 is 0. The summed E-state index contributed by atoms with van der Waals surface area (Å²) < 4.78 is 0. The van der Waals surface area contributed by atoms with Gasteiger partial charge in [-0.05, 0) is 24.0 Å². The van der Waals surface area contributed by atoms with E-state index in [-0.39, 0.29) is 0 Å². The van der Waals surface area contributed by atoms with Crippen LogP contribution < -0.4 is 0 Å². The first-order chi connectivity index (χ1) is 6.27. The van der Waals surface area contributed by atoms with Gasteiger partial charge in [0.15, 0.2) is 0 Å². The number of hydrogen-bond donors (Lipinski definition) is 0. The molecule has 1 aliphatic rings. The Morgan fingerprint density at radius 3 is 3.00 bits per heavy atom. The molecule has 68 valence electrons. The molecule has 1 aliphatic carbocycles.